The van der Waals surface area contributed by atoms with Crippen molar-refractivity contribution in [3.63, 3.8) is 0 Å². The number of carbonyl (C=O) groups excluding carboxylic acids is 6. The molecule has 24 nitrogen and oxygen atoms in total. The van der Waals surface area contributed by atoms with Crippen molar-refractivity contribution in [3.8, 4) is 23.0 Å². The summed E-state index contributed by atoms with van der Waals surface area (Å²) in [5.41, 5.74) is 7.30. The third-order valence-electron chi connectivity index (χ3n) is 18.5. The fourth-order valence-electron chi connectivity index (χ4n) is 12.3. The molecule has 0 unspecified atom stereocenters. The van der Waals surface area contributed by atoms with Crippen molar-refractivity contribution in [2.75, 3.05) is 51.8 Å². The van der Waals surface area contributed by atoms with Gasteiger partial charge in [0, 0.05) is 31.5 Å². The van der Waals surface area contributed by atoms with Crippen molar-refractivity contribution < 1.29 is 91.1 Å². The van der Waals surface area contributed by atoms with Crippen LogP contribution in [-0.4, -0.2) is 145 Å². The van der Waals surface area contributed by atoms with Gasteiger partial charge in [-0.25, -0.2) is 28.8 Å². The summed E-state index contributed by atoms with van der Waals surface area (Å²) in [6.45, 7) is 19.9. The van der Waals surface area contributed by atoms with Gasteiger partial charge in [0.2, 0.25) is 0 Å². The number of halogens is 1. The number of alkyl carbamates (subject to hydrolysis) is 4. The van der Waals surface area contributed by atoms with E-state index in [1.165, 1.54) is 12.0 Å². The van der Waals surface area contributed by atoms with Crippen LogP contribution in [0.2, 0.25) is 0 Å². The fraction of sp³-hybridized carbons (Fsp3) is 0.433. The van der Waals surface area contributed by atoms with Gasteiger partial charge in [-0.2, -0.15) is 0 Å². The number of carboxylic acid groups (broad SMARTS) is 1. The molecule has 0 aliphatic carbocycles. The summed E-state index contributed by atoms with van der Waals surface area (Å²) in [6.07, 6.45) is 7.27. The van der Waals surface area contributed by atoms with Gasteiger partial charge in [-0.05, 0) is 194 Å². The van der Waals surface area contributed by atoms with E-state index in [9.17, 15) is 38.7 Å². The molecule has 0 fully saturated rings. The van der Waals surface area contributed by atoms with E-state index in [-0.39, 0.29) is 75.9 Å². The van der Waals surface area contributed by atoms with E-state index in [4.69, 9.17) is 52.5 Å². The zero-order valence-electron chi connectivity index (χ0n) is 72.6. The average Bonchev–Trinajstić information content (AvgIpc) is 0.829. The van der Waals surface area contributed by atoms with Crippen LogP contribution in [0.15, 0.2) is 218 Å². The number of alkyl halides is 1. The first kappa shape index (κ1) is 101. The Hall–Kier alpha value is -11.3. The second kappa shape index (κ2) is 59.4. The fourth-order valence-corrected chi connectivity index (χ4v) is 12.4. The van der Waals surface area contributed by atoms with Crippen molar-refractivity contribution in [3.05, 3.63) is 263 Å². The second-order valence-corrected chi connectivity index (χ2v) is 30.9. The molecule has 0 heterocycles. The number of benzene rings is 8. The SMILES string of the molecule is CCC[C@@H](C(=O)O)N(C[C@@H](C)Oc1ccccc1CCCNC(=O)OCc1ccccc1)C(=O)OC(C)(C)C.CCC[C@H](CC[C@@H](C)Oc1ccccc1CCCNC(=O)OCc1ccccc1)C(=O)OC.C[C@H](CBr)Oc1ccccc1CCCNC(=O)OCc1ccccc1.C[C@H](CO)Oc1ccccc1CCCNC(=O)OCc1ccccc1. The number of carbonyl (C=O) groups is 7. The van der Waals surface area contributed by atoms with E-state index in [2.05, 4.69) is 50.2 Å². The van der Waals surface area contributed by atoms with Crippen LogP contribution in [0.3, 0.4) is 0 Å². The summed E-state index contributed by atoms with van der Waals surface area (Å²) in [5.74, 6) is 1.88. The van der Waals surface area contributed by atoms with Gasteiger partial charge in [0.25, 0.3) is 0 Å². The molecule has 0 spiro atoms. The highest BCUT2D eigenvalue weighted by molar-refractivity contribution is 9.09. The minimum Gasteiger partial charge on any atom is -0.490 e. The molecule has 6 atom stereocenters. The largest absolute Gasteiger partial charge is 0.490 e. The van der Waals surface area contributed by atoms with Gasteiger partial charge in [-0.3, -0.25) is 9.69 Å². The van der Waals surface area contributed by atoms with Crippen LogP contribution in [-0.2, 0) is 90.1 Å². The summed E-state index contributed by atoms with van der Waals surface area (Å²) in [6, 6.07) is 68.5. The molecule has 8 aromatic rings. The van der Waals surface area contributed by atoms with E-state index in [1.807, 2.05) is 240 Å². The Kier molecular flexibility index (Phi) is 49.3. The molecule has 0 aromatic heterocycles. The molecule has 8 aromatic carbocycles. The molecular formula is C97H128BrN5O19. The van der Waals surface area contributed by atoms with Gasteiger partial charge >= 0.3 is 42.4 Å². The molecule has 0 aliphatic heterocycles. The maximum atomic E-state index is 12.9. The van der Waals surface area contributed by atoms with E-state index >= 15 is 0 Å². The highest BCUT2D eigenvalue weighted by Crippen LogP contribution is 2.28. The number of nitrogens with zero attached hydrogens (tertiary/aromatic N) is 1. The molecule has 0 saturated heterocycles. The molecular weight excluding hydrogens is 1620 g/mol. The van der Waals surface area contributed by atoms with Crippen molar-refractivity contribution in [2.45, 2.75) is 215 Å². The Labute approximate surface area is 729 Å². The van der Waals surface area contributed by atoms with Crippen LogP contribution in [0.25, 0.3) is 0 Å². The van der Waals surface area contributed by atoms with Gasteiger partial charge in [0.1, 0.15) is 79.4 Å². The zero-order valence-corrected chi connectivity index (χ0v) is 74.2. The monoisotopic (exact) mass is 1750 g/mol. The Morgan fingerprint density at radius 3 is 1.00 bits per heavy atom. The third kappa shape index (κ3) is 43.3. The number of aliphatic hydroxyl groups excluding tert-OH is 1. The van der Waals surface area contributed by atoms with Gasteiger partial charge in [-0.1, -0.05) is 237 Å². The number of amides is 5. The number of aliphatic hydroxyl groups is 1. The maximum absolute atomic E-state index is 12.9. The number of methoxy groups -OCH3 is 1. The number of ether oxygens (including phenoxy) is 10. The van der Waals surface area contributed by atoms with Gasteiger partial charge in [0.15, 0.2) is 0 Å². The maximum Gasteiger partial charge on any atom is 0.411 e. The summed E-state index contributed by atoms with van der Waals surface area (Å²) < 4.78 is 55.2. The lowest BCUT2D eigenvalue weighted by Crippen LogP contribution is -2.50. The van der Waals surface area contributed by atoms with Crippen LogP contribution >= 0.6 is 15.9 Å². The molecule has 0 aliphatic rings. The van der Waals surface area contributed by atoms with Crippen LogP contribution in [0, 0.1) is 5.92 Å². The third-order valence-corrected chi connectivity index (χ3v) is 19.4. The smallest absolute Gasteiger partial charge is 0.411 e. The van der Waals surface area contributed by atoms with Crippen molar-refractivity contribution in [2.24, 2.45) is 5.92 Å². The molecule has 25 heteroatoms. The first-order chi connectivity index (χ1) is 58.9. The number of rotatable bonds is 46. The molecule has 8 rings (SSSR count). The highest BCUT2D eigenvalue weighted by Gasteiger charge is 2.34. The van der Waals surface area contributed by atoms with Crippen LogP contribution < -0.4 is 40.2 Å². The number of aliphatic carboxylic acids is 1. The average molecular weight is 1750 g/mol. The lowest BCUT2D eigenvalue weighted by molar-refractivity contribution is -0.146. The van der Waals surface area contributed by atoms with Crippen LogP contribution in [0.1, 0.15) is 171 Å². The lowest BCUT2D eigenvalue weighted by Gasteiger charge is -2.33. The summed E-state index contributed by atoms with van der Waals surface area (Å²) in [7, 11) is 1.44. The summed E-state index contributed by atoms with van der Waals surface area (Å²) >= 11 is 3.42. The number of hydrogen-bond donors (Lipinski definition) is 6. The first-order valence-electron chi connectivity index (χ1n) is 42.1. The number of para-hydroxylation sites is 4. The molecule has 5 amide bonds. The minimum absolute atomic E-state index is 0.0127. The molecule has 0 bridgehead atoms. The topological polar surface area (TPSA) is 304 Å². The molecule has 0 saturated carbocycles. The highest BCUT2D eigenvalue weighted by atomic mass is 79.9. The van der Waals surface area contributed by atoms with Crippen molar-refractivity contribution in [1.29, 1.82) is 0 Å². The van der Waals surface area contributed by atoms with Crippen LogP contribution in [0.4, 0.5) is 24.0 Å². The normalized spacial score (nSPS) is 12.2. The number of esters is 1. The van der Waals surface area contributed by atoms with Gasteiger partial charge < -0.3 is 78.8 Å². The quantitative estimate of drug-likeness (QED) is 0.00894. The van der Waals surface area contributed by atoms with Gasteiger partial charge in [0.05, 0.1) is 32.3 Å². The number of nitrogens with one attached hydrogen (secondary N) is 4. The molecule has 662 valence electrons. The molecule has 6 N–H and O–H groups in total. The van der Waals surface area contributed by atoms with E-state index in [1.54, 1.807) is 27.7 Å². The first-order valence-corrected chi connectivity index (χ1v) is 43.3. The predicted molar refractivity (Wildman–Crippen MR) is 478 cm³/mol. The van der Waals surface area contributed by atoms with Crippen molar-refractivity contribution in [1.82, 2.24) is 26.2 Å². The van der Waals surface area contributed by atoms with E-state index in [0.717, 1.165) is 131 Å². The van der Waals surface area contributed by atoms with E-state index < -0.39 is 48.1 Å². The standard InChI is InChI=1S/C30H42N2O7.C27H37NO5.C20H24BrNO3.C20H25NO4/c1-6-13-25(27(33)34)32(29(36)39-30(3,4)5)20-22(2)38-26-18-11-10-16-24(26)17-12-19-31-28(35)37-21-23-14-8-7-9-15-23;1-4-11-24(26(29)31-3)18-17-21(2)33-25-16-9-8-14-23(25)15-10-19-28-27(30)32-20-22-12-6-5-7-13-22;1-16(14-21)25-19-12-6-5-10-18(19)11-7-13-22-20(23)24-15-17-8-3-2-4-9-17;1-16(14-22)25-19-12-6-5-10-18(19)11-7-13-21-20(23)24-15-17-8-3-2-4-9-17/h7-11,14-16,18,22,25H,6,12-13,17,19-21H2,1-5H3,(H,31,35)(H,33,34);5-9,12-14,16,21,24H,4,10-11,15,17-20H2,1-3H3,(H,28,30);2-6,8-10,12,16H,7,11,13-15H2,1H3,(H,22,23);2-6,8-10,12,16,22H,7,11,13-15H2,1H3,(H,21,23)/t22-,25+;21-,24-;2*16-/m1111/s1. The van der Waals surface area contributed by atoms with Gasteiger partial charge in [-0.15, -0.1) is 0 Å². The predicted octanol–water partition coefficient (Wildman–Crippen LogP) is 19.5. The zero-order chi connectivity index (χ0) is 88.5. The Balaban J connectivity index is 0.000000294. The molecule has 122 heavy (non-hydrogen) atoms. The second-order valence-electron chi connectivity index (χ2n) is 30.2. The lowest BCUT2D eigenvalue weighted by atomic mass is 9.96. The summed E-state index contributed by atoms with van der Waals surface area (Å²) in [4.78, 5) is 85.4. The van der Waals surface area contributed by atoms with E-state index in [0.29, 0.717) is 57.6 Å². The Morgan fingerprint density at radius 1 is 0.402 bits per heavy atom. The number of carboxylic acids is 1. The van der Waals surface area contributed by atoms with Crippen molar-refractivity contribution >= 4 is 58.3 Å². The Morgan fingerprint density at radius 2 is 0.705 bits per heavy atom. The molecule has 0 radical (unpaired) electrons. The van der Waals surface area contributed by atoms with Crippen LogP contribution in [0.5, 0.6) is 23.0 Å². The minimum atomic E-state index is -1.08. The number of hydrogen-bond acceptors (Lipinski definition) is 18. The summed E-state index contributed by atoms with van der Waals surface area (Å²) in [5, 5.41) is 30.8. The Bertz CT molecular complexity index is 4140. The number of aryl methyl sites for hydroxylation is 4.